The maximum absolute atomic E-state index is 12.8. The molecule has 1 aromatic heterocycles. The zero-order chi connectivity index (χ0) is 21.9. The Morgan fingerprint density at radius 3 is 2.23 bits per heavy atom. The summed E-state index contributed by atoms with van der Waals surface area (Å²) in [6, 6.07) is 11.3. The normalized spacial score (nSPS) is 11.7. The molecule has 1 N–H and O–H groups in total. The highest BCUT2D eigenvalue weighted by atomic mass is 32.2. The molecule has 10 heteroatoms. The van der Waals surface area contributed by atoms with Crippen LogP contribution in [0.2, 0.25) is 0 Å². The highest BCUT2D eigenvalue weighted by Gasteiger charge is 2.31. The van der Waals surface area contributed by atoms with Crippen LogP contribution in [0.1, 0.15) is 21.5 Å². The largest absolute Gasteiger partial charge is 0.573 e. The lowest BCUT2D eigenvalue weighted by Gasteiger charge is -2.14. The van der Waals surface area contributed by atoms with Crippen molar-refractivity contribution in [3.8, 4) is 5.75 Å². The molecule has 0 bridgehead atoms. The summed E-state index contributed by atoms with van der Waals surface area (Å²) in [4.78, 5) is 16.4. The molecule has 0 aliphatic rings. The third-order valence-electron chi connectivity index (χ3n) is 3.97. The van der Waals surface area contributed by atoms with E-state index < -0.39 is 27.9 Å². The topological polar surface area (TPSA) is 85.4 Å². The van der Waals surface area contributed by atoms with Gasteiger partial charge in [0, 0.05) is 23.5 Å². The van der Waals surface area contributed by atoms with Crippen molar-refractivity contribution in [3.05, 3.63) is 83.7 Å². The number of rotatable bonds is 6. The second kappa shape index (κ2) is 8.15. The summed E-state index contributed by atoms with van der Waals surface area (Å²) < 4.78 is 68.3. The van der Waals surface area contributed by atoms with E-state index in [2.05, 4.69) is 14.4 Å². The van der Waals surface area contributed by atoms with E-state index in [0.29, 0.717) is 5.56 Å². The first-order valence-corrected chi connectivity index (χ1v) is 9.97. The van der Waals surface area contributed by atoms with Crippen molar-refractivity contribution in [1.29, 1.82) is 0 Å². The summed E-state index contributed by atoms with van der Waals surface area (Å²) in [5.41, 5.74) is 1.23. The van der Waals surface area contributed by atoms with Gasteiger partial charge >= 0.3 is 6.36 Å². The maximum atomic E-state index is 12.8. The number of aromatic nitrogens is 1. The molecule has 0 fully saturated rings. The van der Waals surface area contributed by atoms with E-state index in [4.69, 9.17) is 0 Å². The number of nitrogens with zero attached hydrogens (tertiary/aromatic N) is 1. The SMILES string of the molecule is Cc1ccc(NS(=O)(=O)c2ccc(OC(F)(F)F)cc2)c(C(=O)c2ccncc2)c1. The average Bonchev–Trinajstić information content (AvgIpc) is 2.68. The third-order valence-corrected chi connectivity index (χ3v) is 5.36. The molecule has 0 aliphatic heterocycles. The van der Waals surface area contributed by atoms with Crippen molar-refractivity contribution >= 4 is 21.5 Å². The van der Waals surface area contributed by atoms with Crippen LogP contribution in [-0.2, 0) is 10.0 Å². The van der Waals surface area contributed by atoms with Crippen molar-refractivity contribution in [3.63, 3.8) is 0 Å². The molecule has 2 aromatic carbocycles. The van der Waals surface area contributed by atoms with Gasteiger partial charge in [-0.2, -0.15) is 0 Å². The van der Waals surface area contributed by atoms with Crippen molar-refractivity contribution in [2.75, 3.05) is 4.72 Å². The average molecular weight is 436 g/mol. The van der Waals surface area contributed by atoms with Crippen molar-refractivity contribution < 1.29 is 31.1 Å². The smallest absolute Gasteiger partial charge is 0.406 e. The first-order chi connectivity index (χ1) is 14.0. The Hall–Kier alpha value is -3.40. The summed E-state index contributed by atoms with van der Waals surface area (Å²) in [6.07, 6.45) is -2.00. The molecule has 0 atom stereocenters. The molecule has 0 aliphatic carbocycles. The van der Waals surface area contributed by atoms with Crippen LogP contribution in [-0.4, -0.2) is 25.5 Å². The van der Waals surface area contributed by atoms with Gasteiger partial charge in [-0.3, -0.25) is 14.5 Å². The number of pyridine rings is 1. The van der Waals surface area contributed by atoms with Gasteiger partial charge in [0.15, 0.2) is 5.78 Å². The molecular formula is C20H15F3N2O4S. The Labute approximate surface area is 170 Å². The van der Waals surface area contributed by atoms with Crippen LogP contribution >= 0.6 is 0 Å². The van der Waals surface area contributed by atoms with Gasteiger partial charge in [-0.1, -0.05) is 11.6 Å². The fraction of sp³-hybridized carbons (Fsp3) is 0.100. The van der Waals surface area contributed by atoms with E-state index in [1.165, 1.54) is 30.6 Å². The highest BCUT2D eigenvalue weighted by Crippen LogP contribution is 2.27. The van der Waals surface area contributed by atoms with Gasteiger partial charge in [0.1, 0.15) is 5.75 Å². The van der Waals surface area contributed by atoms with Crippen LogP contribution in [0.4, 0.5) is 18.9 Å². The molecule has 30 heavy (non-hydrogen) atoms. The highest BCUT2D eigenvalue weighted by molar-refractivity contribution is 7.92. The minimum absolute atomic E-state index is 0.0398. The van der Waals surface area contributed by atoms with Gasteiger partial charge in [0.2, 0.25) is 0 Å². The third kappa shape index (κ3) is 5.15. The van der Waals surface area contributed by atoms with Gasteiger partial charge in [0.05, 0.1) is 10.6 Å². The van der Waals surface area contributed by atoms with E-state index in [1.807, 2.05) is 0 Å². The van der Waals surface area contributed by atoms with E-state index in [9.17, 15) is 26.4 Å². The molecule has 0 saturated heterocycles. The molecule has 1 heterocycles. The van der Waals surface area contributed by atoms with E-state index in [-0.39, 0.29) is 16.1 Å². The molecule has 0 spiro atoms. The lowest BCUT2D eigenvalue weighted by molar-refractivity contribution is -0.274. The molecule has 0 radical (unpaired) electrons. The monoisotopic (exact) mass is 436 g/mol. The van der Waals surface area contributed by atoms with Gasteiger partial charge in [-0.15, -0.1) is 13.2 Å². The minimum atomic E-state index is -4.89. The number of ketones is 1. The number of carbonyl (C=O) groups excluding carboxylic acids is 1. The Bertz CT molecular complexity index is 1160. The predicted octanol–water partition coefficient (Wildman–Crippen LogP) is 4.32. The summed E-state index contributed by atoms with van der Waals surface area (Å²) in [7, 11) is -4.18. The number of benzene rings is 2. The number of hydrogen-bond acceptors (Lipinski definition) is 5. The Morgan fingerprint density at radius 2 is 1.63 bits per heavy atom. The zero-order valence-electron chi connectivity index (χ0n) is 15.5. The number of alkyl halides is 3. The fourth-order valence-corrected chi connectivity index (χ4v) is 3.70. The number of halogens is 3. The minimum Gasteiger partial charge on any atom is -0.406 e. The summed E-state index contributed by atoms with van der Waals surface area (Å²) in [6.45, 7) is 1.75. The second-order valence-electron chi connectivity index (χ2n) is 6.24. The molecular weight excluding hydrogens is 421 g/mol. The van der Waals surface area contributed by atoms with Gasteiger partial charge in [0.25, 0.3) is 10.0 Å². The van der Waals surface area contributed by atoms with E-state index in [0.717, 1.165) is 29.8 Å². The summed E-state index contributed by atoms with van der Waals surface area (Å²) in [5, 5.41) is 0. The van der Waals surface area contributed by atoms with Crippen LogP contribution in [0.15, 0.2) is 71.9 Å². The Kier molecular flexibility index (Phi) is 5.79. The molecule has 156 valence electrons. The van der Waals surface area contributed by atoms with Crippen molar-refractivity contribution in [2.24, 2.45) is 0 Å². The summed E-state index contributed by atoms with van der Waals surface area (Å²) in [5.74, 6) is -0.960. The summed E-state index contributed by atoms with van der Waals surface area (Å²) >= 11 is 0. The number of nitrogens with one attached hydrogen (secondary N) is 1. The van der Waals surface area contributed by atoms with Gasteiger partial charge in [-0.25, -0.2) is 8.42 Å². The lowest BCUT2D eigenvalue weighted by atomic mass is 10.0. The van der Waals surface area contributed by atoms with Gasteiger partial charge in [-0.05, 0) is 55.5 Å². The van der Waals surface area contributed by atoms with Crippen LogP contribution in [0.25, 0.3) is 0 Å². The number of ether oxygens (including phenoxy) is 1. The maximum Gasteiger partial charge on any atom is 0.573 e. The molecule has 3 aromatic rings. The number of aryl methyl sites for hydroxylation is 1. The van der Waals surface area contributed by atoms with E-state index in [1.54, 1.807) is 19.1 Å². The second-order valence-corrected chi connectivity index (χ2v) is 7.92. The molecule has 3 rings (SSSR count). The Balaban J connectivity index is 1.91. The predicted molar refractivity (Wildman–Crippen MR) is 103 cm³/mol. The molecule has 0 saturated carbocycles. The number of sulfonamides is 1. The number of anilines is 1. The van der Waals surface area contributed by atoms with Crippen LogP contribution in [0.5, 0.6) is 5.75 Å². The van der Waals surface area contributed by atoms with Crippen molar-refractivity contribution in [2.45, 2.75) is 18.2 Å². The fourth-order valence-electron chi connectivity index (χ4n) is 2.62. The first-order valence-electron chi connectivity index (χ1n) is 8.49. The van der Waals surface area contributed by atoms with Crippen LogP contribution < -0.4 is 9.46 Å². The van der Waals surface area contributed by atoms with Crippen LogP contribution in [0, 0.1) is 6.92 Å². The number of hydrogen-bond donors (Lipinski definition) is 1. The quantitative estimate of drug-likeness (QED) is 0.582. The Morgan fingerprint density at radius 1 is 1.00 bits per heavy atom. The molecule has 0 unspecified atom stereocenters. The zero-order valence-corrected chi connectivity index (χ0v) is 16.3. The van der Waals surface area contributed by atoms with Gasteiger partial charge < -0.3 is 4.74 Å². The lowest BCUT2D eigenvalue weighted by Crippen LogP contribution is -2.18. The van der Waals surface area contributed by atoms with Crippen LogP contribution in [0.3, 0.4) is 0 Å². The molecule has 0 amide bonds. The van der Waals surface area contributed by atoms with Crippen molar-refractivity contribution in [1.82, 2.24) is 4.98 Å². The molecule has 6 nitrogen and oxygen atoms in total. The number of carbonyl (C=O) groups is 1. The van der Waals surface area contributed by atoms with E-state index >= 15 is 0 Å². The standard InChI is InChI=1S/C20H15F3N2O4S/c1-13-2-7-18(17(12-13)19(26)14-8-10-24-11-9-14)25-30(27,28)16-5-3-15(4-6-16)29-20(21,22)23/h2-12,25H,1H3. The first kappa shape index (κ1) is 21.3.